The zero-order valence-corrected chi connectivity index (χ0v) is 17.6. The van der Waals surface area contributed by atoms with Crippen molar-refractivity contribution in [1.29, 1.82) is 0 Å². The molecule has 0 spiro atoms. The number of anilines is 1. The van der Waals surface area contributed by atoms with E-state index in [4.69, 9.17) is 21.1 Å². The largest absolute Gasteiger partial charge is 0.490 e. The van der Waals surface area contributed by atoms with E-state index in [1.54, 1.807) is 30.5 Å². The normalized spacial score (nSPS) is 10.7. The summed E-state index contributed by atoms with van der Waals surface area (Å²) < 4.78 is 26.6. The summed E-state index contributed by atoms with van der Waals surface area (Å²) in [4.78, 5) is 12.4. The number of aromatic nitrogens is 2. The highest BCUT2D eigenvalue weighted by molar-refractivity contribution is 6.31. The highest BCUT2D eigenvalue weighted by Crippen LogP contribution is 2.29. The lowest BCUT2D eigenvalue weighted by molar-refractivity contribution is -0.115. The standard InChI is InChI=1S/C22H23ClFN3O3/c1-3-29-20-9-8-15(10-21(20)30-4-2)11-22(28)26-16-12-25-27(13-16)14-17-18(23)6-5-7-19(17)24/h5-10,12-13H,3-4,11,14H2,1-2H3,(H,26,28). The predicted octanol–water partition coefficient (Wildman–Crippen LogP) is 4.70. The second kappa shape index (κ2) is 10.1. The maximum atomic E-state index is 13.9. The average Bonchev–Trinajstić information content (AvgIpc) is 3.14. The number of nitrogens with zero attached hydrogens (tertiary/aromatic N) is 2. The van der Waals surface area contributed by atoms with E-state index in [9.17, 15) is 9.18 Å². The summed E-state index contributed by atoms with van der Waals surface area (Å²) in [5, 5.41) is 7.29. The molecule has 0 atom stereocenters. The Bertz CT molecular complexity index is 1000. The Morgan fingerprint density at radius 3 is 2.67 bits per heavy atom. The molecule has 2 aromatic carbocycles. The minimum absolute atomic E-state index is 0.163. The zero-order chi connectivity index (χ0) is 21.5. The van der Waals surface area contributed by atoms with Crippen molar-refractivity contribution in [2.75, 3.05) is 18.5 Å². The van der Waals surface area contributed by atoms with E-state index in [1.807, 2.05) is 19.9 Å². The van der Waals surface area contributed by atoms with Gasteiger partial charge in [-0.25, -0.2) is 4.39 Å². The minimum Gasteiger partial charge on any atom is -0.490 e. The number of ether oxygens (including phenoxy) is 2. The molecule has 3 rings (SSSR count). The molecular weight excluding hydrogens is 409 g/mol. The van der Waals surface area contributed by atoms with Crippen LogP contribution in [0.5, 0.6) is 11.5 Å². The third-order valence-electron chi connectivity index (χ3n) is 4.27. The van der Waals surface area contributed by atoms with Gasteiger partial charge in [-0.1, -0.05) is 23.7 Å². The lowest BCUT2D eigenvalue weighted by atomic mass is 10.1. The van der Waals surface area contributed by atoms with Gasteiger partial charge >= 0.3 is 0 Å². The van der Waals surface area contributed by atoms with Crippen molar-refractivity contribution in [3.05, 3.63) is 70.8 Å². The summed E-state index contributed by atoms with van der Waals surface area (Å²) in [6, 6.07) is 9.95. The molecule has 0 saturated carbocycles. The highest BCUT2D eigenvalue weighted by atomic mass is 35.5. The Labute approximate surface area is 179 Å². The molecule has 3 aromatic rings. The SMILES string of the molecule is CCOc1ccc(CC(=O)Nc2cnn(Cc3c(F)cccc3Cl)c2)cc1OCC. The predicted molar refractivity (Wildman–Crippen MR) is 114 cm³/mol. The van der Waals surface area contributed by atoms with Gasteiger partial charge in [-0.05, 0) is 43.7 Å². The van der Waals surface area contributed by atoms with Crippen LogP contribution in [0.2, 0.25) is 5.02 Å². The number of amides is 1. The van der Waals surface area contributed by atoms with Crippen LogP contribution >= 0.6 is 11.6 Å². The molecule has 1 heterocycles. The van der Waals surface area contributed by atoms with Gasteiger partial charge < -0.3 is 14.8 Å². The number of nitrogens with one attached hydrogen (secondary N) is 1. The van der Waals surface area contributed by atoms with Crippen LogP contribution in [0, 0.1) is 5.82 Å². The number of carbonyl (C=O) groups is 1. The van der Waals surface area contributed by atoms with Gasteiger partial charge in [0.1, 0.15) is 5.82 Å². The molecule has 0 aliphatic rings. The first-order chi connectivity index (χ1) is 14.5. The van der Waals surface area contributed by atoms with E-state index in [1.165, 1.54) is 16.9 Å². The van der Waals surface area contributed by atoms with Crippen molar-refractivity contribution in [3.63, 3.8) is 0 Å². The third kappa shape index (κ3) is 5.51. The van der Waals surface area contributed by atoms with Crippen LogP contribution in [0.25, 0.3) is 0 Å². The number of hydrogen-bond donors (Lipinski definition) is 1. The number of hydrogen-bond acceptors (Lipinski definition) is 4. The molecule has 158 valence electrons. The molecule has 1 N–H and O–H groups in total. The quantitative estimate of drug-likeness (QED) is 0.533. The molecule has 0 aliphatic heterocycles. The summed E-state index contributed by atoms with van der Waals surface area (Å²) in [6.45, 7) is 4.99. The summed E-state index contributed by atoms with van der Waals surface area (Å²) in [5.74, 6) is 0.657. The fourth-order valence-electron chi connectivity index (χ4n) is 2.96. The van der Waals surface area contributed by atoms with E-state index < -0.39 is 5.82 Å². The van der Waals surface area contributed by atoms with Gasteiger partial charge in [0.15, 0.2) is 11.5 Å². The maximum Gasteiger partial charge on any atom is 0.228 e. The van der Waals surface area contributed by atoms with Crippen LogP contribution in [0.4, 0.5) is 10.1 Å². The fraction of sp³-hybridized carbons (Fsp3) is 0.273. The molecule has 0 saturated heterocycles. The van der Waals surface area contributed by atoms with E-state index in [0.29, 0.717) is 41.0 Å². The van der Waals surface area contributed by atoms with Crippen LogP contribution in [0.3, 0.4) is 0 Å². The van der Waals surface area contributed by atoms with E-state index in [2.05, 4.69) is 10.4 Å². The van der Waals surface area contributed by atoms with E-state index in [0.717, 1.165) is 5.56 Å². The number of benzene rings is 2. The van der Waals surface area contributed by atoms with Crippen molar-refractivity contribution < 1.29 is 18.7 Å². The molecule has 30 heavy (non-hydrogen) atoms. The second-order valence-corrected chi connectivity index (χ2v) is 6.91. The van der Waals surface area contributed by atoms with Crippen LogP contribution in [-0.2, 0) is 17.8 Å². The first-order valence-corrected chi connectivity index (χ1v) is 10.0. The lowest BCUT2D eigenvalue weighted by Crippen LogP contribution is -2.14. The van der Waals surface area contributed by atoms with E-state index >= 15 is 0 Å². The summed E-state index contributed by atoms with van der Waals surface area (Å²) in [7, 11) is 0. The Morgan fingerprint density at radius 2 is 1.93 bits per heavy atom. The first kappa shape index (κ1) is 21.6. The molecule has 6 nitrogen and oxygen atoms in total. The Hall–Kier alpha value is -3.06. The Balaban J connectivity index is 1.64. The van der Waals surface area contributed by atoms with Crippen LogP contribution in [0.15, 0.2) is 48.8 Å². The molecule has 0 aliphatic carbocycles. The molecule has 0 unspecified atom stereocenters. The number of rotatable bonds is 9. The van der Waals surface area contributed by atoms with Crippen LogP contribution in [0.1, 0.15) is 25.0 Å². The smallest absolute Gasteiger partial charge is 0.228 e. The van der Waals surface area contributed by atoms with Crippen LogP contribution in [-0.4, -0.2) is 28.9 Å². The second-order valence-electron chi connectivity index (χ2n) is 6.50. The number of halogens is 2. The van der Waals surface area contributed by atoms with Crippen molar-refractivity contribution in [2.45, 2.75) is 26.8 Å². The molecule has 0 bridgehead atoms. The Kier molecular flexibility index (Phi) is 7.30. The van der Waals surface area contributed by atoms with Gasteiger partial charge in [0, 0.05) is 16.8 Å². The molecule has 0 fully saturated rings. The summed E-state index contributed by atoms with van der Waals surface area (Å²) in [6.07, 6.45) is 3.30. The van der Waals surface area contributed by atoms with E-state index in [-0.39, 0.29) is 18.9 Å². The fourth-order valence-corrected chi connectivity index (χ4v) is 3.18. The van der Waals surface area contributed by atoms with Gasteiger partial charge in [0.05, 0.1) is 38.1 Å². The van der Waals surface area contributed by atoms with Gasteiger partial charge in [-0.2, -0.15) is 5.10 Å². The highest BCUT2D eigenvalue weighted by Gasteiger charge is 2.12. The van der Waals surface area contributed by atoms with Crippen molar-refractivity contribution >= 4 is 23.2 Å². The Morgan fingerprint density at radius 1 is 1.17 bits per heavy atom. The van der Waals surface area contributed by atoms with Crippen LogP contribution < -0.4 is 14.8 Å². The zero-order valence-electron chi connectivity index (χ0n) is 16.8. The summed E-state index contributed by atoms with van der Waals surface area (Å²) in [5.41, 5.74) is 1.66. The summed E-state index contributed by atoms with van der Waals surface area (Å²) >= 11 is 6.06. The molecular formula is C22H23ClFN3O3. The first-order valence-electron chi connectivity index (χ1n) is 9.63. The third-order valence-corrected chi connectivity index (χ3v) is 4.63. The molecule has 1 aromatic heterocycles. The van der Waals surface area contributed by atoms with Crippen molar-refractivity contribution in [2.24, 2.45) is 0 Å². The van der Waals surface area contributed by atoms with Gasteiger partial charge in [-0.3, -0.25) is 9.48 Å². The van der Waals surface area contributed by atoms with Gasteiger partial charge in [-0.15, -0.1) is 0 Å². The molecule has 8 heteroatoms. The topological polar surface area (TPSA) is 65.4 Å². The molecule has 1 amide bonds. The van der Waals surface area contributed by atoms with Gasteiger partial charge in [0.2, 0.25) is 5.91 Å². The molecule has 0 radical (unpaired) electrons. The minimum atomic E-state index is -0.399. The van der Waals surface area contributed by atoms with Crippen molar-refractivity contribution in [3.8, 4) is 11.5 Å². The lowest BCUT2D eigenvalue weighted by Gasteiger charge is -2.12. The number of carbonyl (C=O) groups excluding carboxylic acids is 1. The monoisotopic (exact) mass is 431 g/mol. The average molecular weight is 432 g/mol. The maximum absolute atomic E-state index is 13.9. The van der Waals surface area contributed by atoms with Crippen molar-refractivity contribution in [1.82, 2.24) is 9.78 Å². The van der Waals surface area contributed by atoms with Gasteiger partial charge in [0.25, 0.3) is 0 Å².